The first kappa shape index (κ1) is 14.3. The SMILES string of the molecule is Br.CC1=C(C(=O)c2ccc(C)cc2)SC2=NCCN21. The number of hydrogen-bond donors (Lipinski definition) is 0. The minimum Gasteiger partial charge on any atom is -0.322 e. The number of allylic oxidation sites excluding steroid dienone is 2. The third-order valence-corrected chi connectivity index (χ3v) is 4.47. The van der Waals surface area contributed by atoms with Crippen LogP contribution in [0.5, 0.6) is 0 Å². The molecule has 5 heteroatoms. The highest BCUT2D eigenvalue weighted by Gasteiger charge is 2.33. The zero-order valence-electron chi connectivity index (χ0n) is 10.8. The Morgan fingerprint density at radius 1 is 1.26 bits per heavy atom. The highest BCUT2D eigenvalue weighted by Crippen LogP contribution is 2.37. The molecular formula is C14H15BrN2OS. The molecule has 0 saturated heterocycles. The van der Waals surface area contributed by atoms with Crippen LogP contribution in [-0.4, -0.2) is 28.9 Å². The number of aryl methyl sites for hydroxylation is 1. The standard InChI is InChI=1S/C14H14N2OS.BrH/c1-9-3-5-11(6-4-9)12(17)13-10(2)16-8-7-15-14(16)18-13;/h3-6H,7-8H2,1-2H3;1H. The summed E-state index contributed by atoms with van der Waals surface area (Å²) in [6, 6.07) is 7.73. The molecule has 100 valence electrons. The lowest BCUT2D eigenvalue weighted by molar-refractivity contribution is 0.104. The normalized spacial score (nSPS) is 17.2. The highest BCUT2D eigenvalue weighted by molar-refractivity contribution is 8.93. The minimum atomic E-state index is 0. The molecule has 0 fully saturated rings. The van der Waals surface area contributed by atoms with Gasteiger partial charge in [-0.1, -0.05) is 29.8 Å². The van der Waals surface area contributed by atoms with Crippen molar-refractivity contribution in [3.63, 3.8) is 0 Å². The lowest BCUT2D eigenvalue weighted by atomic mass is 10.1. The van der Waals surface area contributed by atoms with Crippen LogP contribution in [0.4, 0.5) is 0 Å². The molecule has 0 amide bonds. The van der Waals surface area contributed by atoms with Crippen molar-refractivity contribution < 1.29 is 4.79 Å². The lowest BCUT2D eigenvalue weighted by Gasteiger charge is -2.11. The molecule has 0 N–H and O–H groups in total. The largest absolute Gasteiger partial charge is 0.322 e. The number of benzene rings is 1. The highest BCUT2D eigenvalue weighted by atomic mass is 79.9. The molecule has 0 radical (unpaired) electrons. The molecule has 0 spiro atoms. The predicted octanol–water partition coefficient (Wildman–Crippen LogP) is 3.41. The van der Waals surface area contributed by atoms with Crippen molar-refractivity contribution in [2.45, 2.75) is 13.8 Å². The number of ketones is 1. The van der Waals surface area contributed by atoms with Gasteiger partial charge in [-0.15, -0.1) is 17.0 Å². The zero-order valence-corrected chi connectivity index (χ0v) is 13.4. The summed E-state index contributed by atoms with van der Waals surface area (Å²) in [5, 5.41) is 0.975. The third-order valence-electron chi connectivity index (χ3n) is 3.25. The van der Waals surface area contributed by atoms with Crippen LogP contribution < -0.4 is 0 Å². The van der Waals surface area contributed by atoms with Crippen molar-refractivity contribution >= 4 is 39.7 Å². The lowest BCUT2D eigenvalue weighted by Crippen LogP contribution is -2.19. The van der Waals surface area contributed by atoms with Crippen molar-refractivity contribution in [2.24, 2.45) is 4.99 Å². The molecule has 2 aliphatic heterocycles. The Kier molecular flexibility index (Phi) is 4.16. The average molecular weight is 339 g/mol. The average Bonchev–Trinajstić information content (AvgIpc) is 2.93. The fraction of sp³-hybridized carbons (Fsp3) is 0.286. The molecule has 0 bridgehead atoms. The van der Waals surface area contributed by atoms with Crippen molar-refractivity contribution in [1.82, 2.24) is 4.90 Å². The summed E-state index contributed by atoms with van der Waals surface area (Å²) in [6.07, 6.45) is 0. The van der Waals surface area contributed by atoms with Crippen LogP contribution in [0.25, 0.3) is 0 Å². The van der Waals surface area contributed by atoms with E-state index >= 15 is 0 Å². The minimum absolute atomic E-state index is 0. The monoisotopic (exact) mass is 338 g/mol. The summed E-state index contributed by atoms with van der Waals surface area (Å²) < 4.78 is 0. The van der Waals surface area contributed by atoms with Crippen molar-refractivity contribution in [2.75, 3.05) is 13.1 Å². The van der Waals surface area contributed by atoms with E-state index in [9.17, 15) is 4.79 Å². The molecule has 0 unspecified atom stereocenters. The number of nitrogens with zero attached hydrogens (tertiary/aromatic N) is 2. The number of hydrogen-bond acceptors (Lipinski definition) is 4. The van der Waals surface area contributed by atoms with Gasteiger partial charge in [0.1, 0.15) is 0 Å². The molecule has 1 aromatic rings. The van der Waals surface area contributed by atoms with E-state index in [-0.39, 0.29) is 22.8 Å². The van der Waals surface area contributed by atoms with Gasteiger partial charge in [0.15, 0.2) is 5.17 Å². The molecule has 19 heavy (non-hydrogen) atoms. The number of rotatable bonds is 2. The molecule has 1 aromatic carbocycles. The summed E-state index contributed by atoms with van der Waals surface area (Å²) in [5.74, 6) is 0.106. The van der Waals surface area contributed by atoms with Gasteiger partial charge in [-0.2, -0.15) is 0 Å². The van der Waals surface area contributed by atoms with Gasteiger partial charge in [-0.3, -0.25) is 9.79 Å². The number of carbonyl (C=O) groups is 1. The topological polar surface area (TPSA) is 32.7 Å². The molecule has 3 rings (SSSR count). The van der Waals surface area contributed by atoms with E-state index in [1.165, 1.54) is 17.3 Å². The molecule has 0 atom stereocenters. The van der Waals surface area contributed by atoms with Crippen LogP contribution in [0.3, 0.4) is 0 Å². The smallest absolute Gasteiger partial charge is 0.201 e. The van der Waals surface area contributed by atoms with Gasteiger partial charge in [0.25, 0.3) is 0 Å². The summed E-state index contributed by atoms with van der Waals surface area (Å²) in [4.78, 5) is 19.8. The maximum absolute atomic E-state index is 12.4. The van der Waals surface area contributed by atoms with Gasteiger partial charge in [-0.05, 0) is 25.6 Å². The second-order valence-electron chi connectivity index (χ2n) is 4.53. The number of Topliss-reactive ketones (excluding diaryl/α,β-unsaturated/α-hetero) is 1. The Labute approximate surface area is 127 Å². The summed E-state index contributed by atoms with van der Waals surface area (Å²) in [6.45, 7) is 5.76. The zero-order chi connectivity index (χ0) is 12.7. The number of carbonyl (C=O) groups excluding carboxylic acids is 1. The van der Waals surface area contributed by atoms with E-state index < -0.39 is 0 Å². The van der Waals surface area contributed by atoms with Crippen LogP contribution in [0.2, 0.25) is 0 Å². The molecule has 3 nitrogen and oxygen atoms in total. The number of thioether (sulfide) groups is 1. The van der Waals surface area contributed by atoms with Gasteiger partial charge >= 0.3 is 0 Å². The second kappa shape index (κ2) is 5.51. The van der Waals surface area contributed by atoms with Crippen molar-refractivity contribution in [3.8, 4) is 0 Å². The number of halogens is 1. The first-order valence-corrected chi connectivity index (χ1v) is 6.80. The number of fused-ring (bicyclic) bond motifs is 1. The predicted molar refractivity (Wildman–Crippen MR) is 85.1 cm³/mol. The molecule has 2 heterocycles. The Balaban J connectivity index is 0.00000133. The third kappa shape index (κ3) is 2.49. The van der Waals surface area contributed by atoms with Crippen molar-refractivity contribution in [3.05, 3.63) is 46.0 Å². The van der Waals surface area contributed by atoms with E-state index in [1.54, 1.807) is 0 Å². The molecule has 0 aromatic heterocycles. The van der Waals surface area contributed by atoms with E-state index in [0.29, 0.717) is 0 Å². The van der Waals surface area contributed by atoms with E-state index in [1.807, 2.05) is 38.1 Å². The molecule has 0 aliphatic carbocycles. The number of amidine groups is 1. The fourth-order valence-electron chi connectivity index (χ4n) is 2.16. The molecule has 0 saturated carbocycles. The van der Waals surface area contributed by atoms with Crippen LogP contribution in [0.1, 0.15) is 22.8 Å². The van der Waals surface area contributed by atoms with Gasteiger partial charge in [0.05, 0.1) is 11.4 Å². The first-order chi connectivity index (χ1) is 8.66. The summed E-state index contributed by atoms with van der Waals surface area (Å²) in [7, 11) is 0. The fourth-order valence-corrected chi connectivity index (χ4v) is 3.30. The van der Waals surface area contributed by atoms with Gasteiger partial charge in [0.2, 0.25) is 5.78 Å². The molecular weight excluding hydrogens is 324 g/mol. The second-order valence-corrected chi connectivity index (χ2v) is 5.51. The Morgan fingerprint density at radius 2 is 1.95 bits per heavy atom. The Hall–Kier alpha value is -1.07. The van der Waals surface area contributed by atoms with Crippen molar-refractivity contribution in [1.29, 1.82) is 0 Å². The quantitative estimate of drug-likeness (QED) is 0.774. The van der Waals surface area contributed by atoms with E-state index in [0.717, 1.165) is 34.4 Å². The van der Waals surface area contributed by atoms with Crippen LogP contribution in [-0.2, 0) is 0 Å². The van der Waals surface area contributed by atoms with Gasteiger partial charge in [0, 0.05) is 17.8 Å². The maximum atomic E-state index is 12.4. The van der Waals surface area contributed by atoms with E-state index in [2.05, 4.69) is 9.89 Å². The van der Waals surface area contributed by atoms with Crippen LogP contribution in [0.15, 0.2) is 39.9 Å². The van der Waals surface area contributed by atoms with Gasteiger partial charge < -0.3 is 4.90 Å². The summed E-state index contributed by atoms with van der Waals surface area (Å²) >= 11 is 1.50. The Morgan fingerprint density at radius 3 is 2.58 bits per heavy atom. The summed E-state index contributed by atoms with van der Waals surface area (Å²) in [5.41, 5.74) is 2.97. The van der Waals surface area contributed by atoms with Gasteiger partial charge in [-0.25, -0.2) is 0 Å². The molecule has 2 aliphatic rings. The first-order valence-electron chi connectivity index (χ1n) is 5.99. The van der Waals surface area contributed by atoms with Crippen LogP contribution in [0, 0.1) is 6.92 Å². The number of aliphatic imine (C=N–C) groups is 1. The van der Waals surface area contributed by atoms with E-state index in [4.69, 9.17) is 0 Å². The van der Waals surface area contributed by atoms with Crippen LogP contribution >= 0.6 is 28.7 Å². The Bertz CT molecular complexity index is 578. The maximum Gasteiger partial charge on any atom is 0.201 e.